The maximum atomic E-state index is 5.43. The highest BCUT2D eigenvalue weighted by molar-refractivity contribution is 9.10. The van der Waals surface area contributed by atoms with Crippen LogP contribution in [0.15, 0.2) is 22.7 Å². The molecule has 0 atom stereocenters. The van der Waals surface area contributed by atoms with Gasteiger partial charge in [-0.15, -0.1) is 0 Å². The van der Waals surface area contributed by atoms with E-state index in [1.165, 1.54) is 5.56 Å². The molecule has 1 aliphatic heterocycles. The molecule has 1 aromatic carbocycles. The van der Waals surface area contributed by atoms with Crippen molar-refractivity contribution in [3.63, 3.8) is 0 Å². The van der Waals surface area contributed by atoms with Gasteiger partial charge < -0.3 is 10.1 Å². The largest absolute Gasteiger partial charge is 0.496 e. The molecule has 0 amide bonds. The summed E-state index contributed by atoms with van der Waals surface area (Å²) >= 11 is 3.53. The maximum absolute atomic E-state index is 5.43. The van der Waals surface area contributed by atoms with Crippen molar-refractivity contribution in [1.29, 1.82) is 0 Å². The van der Waals surface area contributed by atoms with Gasteiger partial charge in [0.1, 0.15) is 5.75 Å². The molecule has 0 spiro atoms. The molecule has 100 valence electrons. The molecule has 18 heavy (non-hydrogen) atoms. The quantitative estimate of drug-likeness (QED) is 0.928. The van der Waals surface area contributed by atoms with E-state index in [1.54, 1.807) is 7.11 Å². The molecule has 1 saturated heterocycles. The van der Waals surface area contributed by atoms with Gasteiger partial charge in [0, 0.05) is 41.8 Å². The second kappa shape index (κ2) is 5.59. The first kappa shape index (κ1) is 13.8. The highest BCUT2D eigenvalue weighted by Crippen LogP contribution is 2.25. The standard InChI is InChI=1S/C14H21BrN2O/c1-14(2)10-17(7-6-16-14)9-11-8-12(15)4-5-13(11)18-3/h4-5,8,16H,6-7,9-10H2,1-3H3. The monoisotopic (exact) mass is 312 g/mol. The van der Waals surface area contributed by atoms with Crippen LogP contribution in [0.5, 0.6) is 5.75 Å². The van der Waals surface area contributed by atoms with Crippen molar-refractivity contribution in [2.24, 2.45) is 0 Å². The van der Waals surface area contributed by atoms with E-state index in [1.807, 2.05) is 12.1 Å². The SMILES string of the molecule is COc1ccc(Br)cc1CN1CCNC(C)(C)C1. The van der Waals surface area contributed by atoms with Gasteiger partial charge in [0.05, 0.1) is 7.11 Å². The highest BCUT2D eigenvalue weighted by Gasteiger charge is 2.25. The summed E-state index contributed by atoms with van der Waals surface area (Å²) in [6, 6.07) is 6.19. The van der Waals surface area contributed by atoms with Gasteiger partial charge in [-0.25, -0.2) is 0 Å². The van der Waals surface area contributed by atoms with Crippen LogP contribution in [0.25, 0.3) is 0 Å². The van der Waals surface area contributed by atoms with E-state index < -0.39 is 0 Å². The number of rotatable bonds is 3. The van der Waals surface area contributed by atoms with Crippen LogP contribution in [0.2, 0.25) is 0 Å². The number of halogens is 1. The van der Waals surface area contributed by atoms with Crippen LogP contribution in [0, 0.1) is 0 Å². The molecule has 0 radical (unpaired) electrons. The number of piperazine rings is 1. The Labute approximate surface area is 118 Å². The molecule has 2 rings (SSSR count). The summed E-state index contributed by atoms with van der Waals surface area (Å²) in [5.41, 5.74) is 1.43. The molecule has 1 fully saturated rings. The van der Waals surface area contributed by atoms with Crippen LogP contribution in [0.1, 0.15) is 19.4 Å². The fraction of sp³-hybridized carbons (Fsp3) is 0.571. The Morgan fingerprint density at radius 3 is 2.89 bits per heavy atom. The lowest BCUT2D eigenvalue weighted by molar-refractivity contribution is 0.147. The van der Waals surface area contributed by atoms with E-state index in [4.69, 9.17) is 4.74 Å². The molecule has 1 aliphatic rings. The molecule has 1 aromatic rings. The fourth-order valence-corrected chi connectivity index (χ4v) is 2.90. The average Bonchev–Trinajstić information content (AvgIpc) is 2.28. The predicted molar refractivity (Wildman–Crippen MR) is 78.1 cm³/mol. The number of hydrogen-bond acceptors (Lipinski definition) is 3. The van der Waals surface area contributed by atoms with E-state index in [0.717, 1.165) is 36.4 Å². The molecular formula is C14H21BrN2O. The summed E-state index contributed by atoms with van der Waals surface area (Å²) in [6.07, 6.45) is 0. The number of methoxy groups -OCH3 is 1. The normalized spacial score (nSPS) is 19.8. The smallest absolute Gasteiger partial charge is 0.123 e. The van der Waals surface area contributed by atoms with E-state index in [0.29, 0.717) is 0 Å². The molecule has 0 aliphatic carbocycles. The van der Waals surface area contributed by atoms with Crippen molar-refractivity contribution in [1.82, 2.24) is 10.2 Å². The number of hydrogen-bond donors (Lipinski definition) is 1. The predicted octanol–water partition coefficient (Wildman–Crippen LogP) is 2.64. The third-order valence-electron chi connectivity index (χ3n) is 3.29. The number of nitrogens with zero attached hydrogens (tertiary/aromatic N) is 1. The van der Waals surface area contributed by atoms with Crippen LogP contribution >= 0.6 is 15.9 Å². The average molecular weight is 313 g/mol. The van der Waals surface area contributed by atoms with E-state index in [-0.39, 0.29) is 5.54 Å². The van der Waals surface area contributed by atoms with Gasteiger partial charge in [-0.2, -0.15) is 0 Å². The molecule has 0 unspecified atom stereocenters. The van der Waals surface area contributed by atoms with Crippen molar-refractivity contribution in [3.8, 4) is 5.75 Å². The van der Waals surface area contributed by atoms with Gasteiger partial charge in [0.15, 0.2) is 0 Å². The Balaban J connectivity index is 2.11. The van der Waals surface area contributed by atoms with E-state index in [9.17, 15) is 0 Å². The second-order valence-electron chi connectivity index (χ2n) is 5.48. The summed E-state index contributed by atoms with van der Waals surface area (Å²) in [4.78, 5) is 2.47. The Kier molecular flexibility index (Phi) is 4.30. The lowest BCUT2D eigenvalue weighted by atomic mass is 10.0. The van der Waals surface area contributed by atoms with Gasteiger partial charge in [0.25, 0.3) is 0 Å². The lowest BCUT2D eigenvalue weighted by Crippen LogP contribution is -2.56. The summed E-state index contributed by atoms with van der Waals surface area (Å²) in [5, 5.41) is 3.53. The summed E-state index contributed by atoms with van der Waals surface area (Å²) in [6.45, 7) is 8.62. The molecule has 3 nitrogen and oxygen atoms in total. The van der Waals surface area contributed by atoms with Crippen molar-refractivity contribution in [2.75, 3.05) is 26.7 Å². The number of benzene rings is 1. The number of nitrogens with one attached hydrogen (secondary N) is 1. The Morgan fingerprint density at radius 2 is 2.22 bits per heavy atom. The molecule has 4 heteroatoms. The molecular weight excluding hydrogens is 292 g/mol. The summed E-state index contributed by atoms with van der Waals surface area (Å²) < 4.78 is 6.54. The topological polar surface area (TPSA) is 24.5 Å². The highest BCUT2D eigenvalue weighted by atomic mass is 79.9. The zero-order valence-corrected chi connectivity index (χ0v) is 12.9. The Bertz CT molecular complexity index is 420. The zero-order chi connectivity index (χ0) is 13.2. The van der Waals surface area contributed by atoms with Crippen LogP contribution < -0.4 is 10.1 Å². The van der Waals surface area contributed by atoms with Gasteiger partial charge in [-0.1, -0.05) is 15.9 Å². The van der Waals surface area contributed by atoms with Gasteiger partial charge in [-0.05, 0) is 32.0 Å². The van der Waals surface area contributed by atoms with Gasteiger partial charge in [0.2, 0.25) is 0 Å². The van der Waals surface area contributed by atoms with Crippen LogP contribution in [0.3, 0.4) is 0 Å². The summed E-state index contributed by atoms with van der Waals surface area (Å²) in [5.74, 6) is 0.967. The van der Waals surface area contributed by atoms with Crippen molar-refractivity contribution >= 4 is 15.9 Å². The van der Waals surface area contributed by atoms with Crippen molar-refractivity contribution in [2.45, 2.75) is 25.9 Å². The van der Waals surface area contributed by atoms with Crippen LogP contribution in [-0.4, -0.2) is 37.2 Å². The number of ether oxygens (including phenoxy) is 1. The van der Waals surface area contributed by atoms with Crippen molar-refractivity contribution < 1.29 is 4.74 Å². The Hall–Kier alpha value is -0.580. The first-order chi connectivity index (χ1) is 8.50. The van der Waals surface area contributed by atoms with Crippen LogP contribution in [0.4, 0.5) is 0 Å². The minimum atomic E-state index is 0.192. The lowest BCUT2D eigenvalue weighted by Gasteiger charge is -2.39. The Morgan fingerprint density at radius 1 is 1.44 bits per heavy atom. The first-order valence-electron chi connectivity index (χ1n) is 6.30. The molecule has 1 N–H and O–H groups in total. The molecule has 0 aromatic heterocycles. The second-order valence-corrected chi connectivity index (χ2v) is 6.39. The fourth-order valence-electron chi connectivity index (χ4n) is 2.49. The van der Waals surface area contributed by atoms with Crippen molar-refractivity contribution in [3.05, 3.63) is 28.2 Å². The van der Waals surface area contributed by atoms with E-state index >= 15 is 0 Å². The van der Waals surface area contributed by atoms with Gasteiger partial charge >= 0.3 is 0 Å². The minimum absolute atomic E-state index is 0.192. The van der Waals surface area contributed by atoms with Crippen LogP contribution in [-0.2, 0) is 6.54 Å². The molecule has 0 bridgehead atoms. The zero-order valence-electron chi connectivity index (χ0n) is 11.3. The molecule has 0 saturated carbocycles. The van der Waals surface area contributed by atoms with Gasteiger partial charge in [-0.3, -0.25) is 4.90 Å². The molecule has 1 heterocycles. The van der Waals surface area contributed by atoms with E-state index in [2.05, 4.69) is 46.1 Å². The third-order valence-corrected chi connectivity index (χ3v) is 3.78. The summed E-state index contributed by atoms with van der Waals surface area (Å²) in [7, 11) is 1.73. The maximum Gasteiger partial charge on any atom is 0.123 e. The first-order valence-corrected chi connectivity index (χ1v) is 7.09. The third kappa shape index (κ3) is 3.46. The minimum Gasteiger partial charge on any atom is -0.496 e.